The largest absolute Gasteiger partial charge is 0.346 e. The number of carbonyl (C=O) groups is 2. The quantitative estimate of drug-likeness (QED) is 0.739. The number of aryl methyl sites for hydroxylation is 3. The lowest BCUT2D eigenvalue weighted by Gasteiger charge is -2.37. The van der Waals surface area contributed by atoms with Gasteiger partial charge in [0.05, 0.1) is 6.04 Å². The van der Waals surface area contributed by atoms with Crippen molar-refractivity contribution in [2.75, 3.05) is 45.1 Å². The summed E-state index contributed by atoms with van der Waals surface area (Å²) in [4.78, 5) is 29.7. The molecule has 2 aromatic rings. The third-order valence-corrected chi connectivity index (χ3v) is 6.19. The Hall–Kier alpha value is -2.22. The van der Waals surface area contributed by atoms with Gasteiger partial charge in [-0.3, -0.25) is 14.5 Å². The van der Waals surface area contributed by atoms with Gasteiger partial charge in [0, 0.05) is 38.4 Å². The molecule has 0 radical (unpaired) electrons. The average Bonchev–Trinajstić information content (AvgIpc) is 3.20. The van der Waals surface area contributed by atoms with E-state index in [9.17, 15) is 9.59 Å². The van der Waals surface area contributed by atoms with Crippen LogP contribution in [-0.2, 0) is 9.59 Å². The Morgan fingerprint density at radius 1 is 1.07 bits per heavy atom. The molecule has 2 heterocycles. The van der Waals surface area contributed by atoms with Gasteiger partial charge in [-0.2, -0.15) is 11.3 Å². The van der Waals surface area contributed by atoms with E-state index < -0.39 is 11.8 Å². The van der Waals surface area contributed by atoms with E-state index in [2.05, 4.69) is 44.3 Å². The summed E-state index contributed by atoms with van der Waals surface area (Å²) in [5, 5.41) is 9.80. The first-order valence-corrected chi connectivity index (χ1v) is 10.9. The number of amides is 2. The van der Waals surface area contributed by atoms with E-state index in [0.29, 0.717) is 12.2 Å². The molecule has 0 spiro atoms. The standard InChI is InChI=1S/C22H30N4O2S/c1-15-11-16(2)20(17(3)12-15)24-22(28)21(27)23-13-19(18-5-10-29-14-18)26-8-6-25(4)7-9-26/h5,10-12,14,19H,6-9,13H2,1-4H3,(H,23,27)(H,24,28). The lowest BCUT2D eigenvalue weighted by molar-refractivity contribution is -0.136. The fourth-order valence-electron chi connectivity index (χ4n) is 3.87. The summed E-state index contributed by atoms with van der Waals surface area (Å²) in [5.41, 5.74) is 4.94. The predicted molar refractivity (Wildman–Crippen MR) is 118 cm³/mol. The third kappa shape index (κ3) is 5.44. The molecule has 0 bridgehead atoms. The number of benzene rings is 1. The van der Waals surface area contributed by atoms with Gasteiger partial charge in [-0.1, -0.05) is 17.7 Å². The highest BCUT2D eigenvalue weighted by Gasteiger charge is 2.26. The van der Waals surface area contributed by atoms with E-state index in [-0.39, 0.29) is 6.04 Å². The van der Waals surface area contributed by atoms with Crippen molar-refractivity contribution in [3.05, 3.63) is 51.2 Å². The zero-order chi connectivity index (χ0) is 21.0. The summed E-state index contributed by atoms with van der Waals surface area (Å²) in [6, 6.07) is 6.18. The molecule has 1 unspecified atom stereocenters. The number of hydrogen-bond acceptors (Lipinski definition) is 5. The summed E-state index contributed by atoms with van der Waals surface area (Å²) >= 11 is 1.65. The molecule has 1 aliphatic rings. The van der Waals surface area contributed by atoms with Crippen molar-refractivity contribution in [1.82, 2.24) is 15.1 Å². The Morgan fingerprint density at radius 3 is 2.31 bits per heavy atom. The molecule has 1 aliphatic heterocycles. The zero-order valence-corrected chi connectivity index (χ0v) is 18.4. The second kappa shape index (κ2) is 9.52. The van der Waals surface area contributed by atoms with Crippen LogP contribution in [0.1, 0.15) is 28.3 Å². The molecular weight excluding hydrogens is 384 g/mol. The molecule has 2 N–H and O–H groups in total. The molecule has 3 rings (SSSR count). The highest BCUT2D eigenvalue weighted by atomic mass is 32.1. The maximum absolute atomic E-state index is 12.5. The fourth-order valence-corrected chi connectivity index (χ4v) is 4.58. The number of likely N-dealkylation sites (N-methyl/N-ethyl adjacent to an activating group) is 1. The van der Waals surface area contributed by atoms with Crippen molar-refractivity contribution in [3.63, 3.8) is 0 Å². The number of anilines is 1. The molecule has 2 amide bonds. The van der Waals surface area contributed by atoms with Gasteiger partial charge in [0.1, 0.15) is 0 Å². The second-order valence-electron chi connectivity index (χ2n) is 7.85. The van der Waals surface area contributed by atoms with Gasteiger partial charge in [0.2, 0.25) is 0 Å². The highest BCUT2D eigenvalue weighted by Crippen LogP contribution is 2.24. The van der Waals surface area contributed by atoms with Crippen LogP contribution in [0.25, 0.3) is 0 Å². The van der Waals surface area contributed by atoms with Gasteiger partial charge in [0.15, 0.2) is 0 Å². The Bertz CT molecular complexity index is 835. The van der Waals surface area contributed by atoms with Gasteiger partial charge >= 0.3 is 11.8 Å². The first kappa shape index (κ1) is 21.5. The van der Waals surface area contributed by atoms with Gasteiger partial charge in [0.25, 0.3) is 0 Å². The van der Waals surface area contributed by atoms with Crippen molar-refractivity contribution in [3.8, 4) is 0 Å². The van der Waals surface area contributed by atoms with Crippen LogP contribution in [0.5, 0.6) is 0 Å². The Morgan fingerprint density at radius 2 is 1.72 bits per heavy atom. The van der Waals surface area contributed by atoms with Crippen LogP contribution < -0.4 is 10.6 Å². The van der Waals surface area contributed by atoms with E-state index >= 15 is 0 Å². The highest BCUT2D eigenvalue weighted by molar-refractivity contribution is 7.08. The third-order valence-electron chi connectivity index (χ3n) is 5.48. The van der Waals surface area contributed by atoms with Crippen LogP contribution in [0, 0.1) is 20.8 Å². The molecule has 7 heteroatoms. The lowest BCUT2D eigenvalue weighted by atomic mass is 10.1. The SMILES string of the molecule is Cc1cc(C)c(NC(=O)C(=O)NCC(c2ccsc2)N2CCN(C)CC2)c(C)c1. The maximum Gasteiger partial charge on any atom is 0.313 e. The van der Waals surface area contributed by atoms with Gasteiger partial charge in [-0.05, 0) is 61.3 Å². The van der Waals surface area contributed by atoms with E-state index in [4.69, 9.17) is 0 Å². The van der Waals surface area contributed by atoms with E-state index in [1.165, 1.54) is 5.56 Å². The predicted octanol–water partition coefficient (Wildman–Crippen LogP) is 2.72. The smallest absolute Gasteiger partial charge is 0.313 e. The molecule has 6 nitrogen and oxygen atoms in total. The van der Waals surface area contributed by atoms with Crippen LogP contribution in [0.15, 0.2) is 29.0 Å². The van der Waals surface area contributed by atoms with E-state index in [1.807, 2.05) is 32.9 Å². The minimum Gasteiger partial charge on any atom is -0.346 e. The minimum atomic E-state index is -0.623. The molecule has 29 heavy (non-hydrogen) atoms. The lowest BCUT2D eigenvalue weighted by Crippen LogP contribution is -2.49. The van der Waals surface area contributed by atoms with E-state index in [0.717, 1.165) is 42.9 Å². The molecule has 1 aromatic heterocycles. The van der Waals surface area contributed by atoms with Gasteiger partial charge in [-0.25, -0.2) is 0 Å². The zero-order valence-electron chi connectivity index (χ0n) is 17.6. The minimum absolute atomic E-state index is 0.0783. The molecule has 0 saturated carbocycles. The Labute approximate surface area is 176 Å². The van der Waals surface area contributed by atoms with Crippen LogP contribution in [-0.4, -0.2) is 61.4 Å². The first-order chi connectivity index (χ1) is 13.8. The monoisotopic (exact) mass is 414 g/mol. The molecular formula is C22H30N4O2S. The summed E-state index contributed by atoms with van der Waals surface area (Å²) in [6.45, 7) is 10.2. The number of piperazine rings is 1. The fraction of sp³-hybridized carbons (Fsp3) is 0.455. The number of nitrogens with one attached hydrogen (secondary N) is 2. The molecule has 1 aromatic carbocycles. The number of nitrogens with zero attached hydrogens (tertiary/aromatic N) is 2. The second-order valence-corrected chi connectivity index (χ2v) is 8.63. The number of carbonyl (C=O) groups excluding carboxylic acids is 2. The molecule has 0 aliphatic carbocycles. The molecule has 156 valence electrons. The van der Waals surface area contributed by atoms with Crippen molar-refractivity contribution in [2.24, 2.45) is 0 Å². The topological polar surface area (TPSA) is 64.7 Å². The average molecular weight is 415 g/mol. The Balaban J connectivity index is 1.63. The van der Waals surface area contributed by atoms with Crippen molar-refractivity contribution < 1.29 is 9.59 Å². The summed E-state index contributed by atoms with van der Waals surface area (Å²) in [7, 11) is 2.12. The van der Waals surface area contributed by atoms with Crippen LogP contribution in [0.4, 0.5) is 5.69 Å². The van der Waals surface area contributed by atoms with Crippen molar-refractivity contribution in [2.45, 2.75) is 26.8 Å². The van der Waals surface area contributed by atoms with Gasteiger partial charge < -0.3 is 15.5 Å². The van der Waals surface area contributed by atoms with Crippen molar-refractivity contribution >= 4 is 28.8 Å². The summed E-state index contributed by atoms with van der Waals surface area (Å²) < 4.78 is 0. The van der Waals surface area contributed by atoms with E-state index in [1.54, 1.807) is 11.3 Å². The van der Waals surface area contributed by atoms with Gasteiger partial charge in [-0.15, -0.1) is 0 Å². The van der Waals surface area contributed by atoms with Crippen LogP contribution in [0.2, 0.25) is 0 Å². The maximum atomic E-state index is 12.5. The summed E-state index contributed by atoms with van der Waals surface area (Å²) in [6.07, 6.45) is 0. The number of hydrogen-bond donors (Lipinski definition) is 2. The molecule has 1 saturated heterocycles. The number of thiophene rings is 1. The van der Waals surface area contributed by atoms with Crippen LogP contribution >= 0.6 is 11.3 Å². The molecule has 1 atom stereocenters. The Kier molecular flexibility index (Phi) is 7.05. The normalized spacial score (nSPS) is 16.4. The van der Waals surface area contributed by atoms with Crippen molar-refractivity contribution in [1.29, 1.82) is 0 Å². The number of rotatable bonds is 5. The molecule has 1 fully saturated rings. The summed E-state index contributed by atoms with van der Waals surface area (Å²) in [5.74, 6) is -1.22. The van der Waals surface area contributed by atoms with Crippen LogP contribution in [0.3, 0.4) is 0 Å². The first-order valence-electron chi connectivity index (χ1n) is 9.97.